The van der Waals surface area contributed by atoms with Crippen molar-refractivity contribution < 1.29 is 5.11 Å². The van der Waals surface area contributed by atoms with Crippen molar-refractivity contribution in [1.82, 2.24) is 0 Å². The van der Waals surface area contributed by atoms with Crippen LogP contribution >= 0.6 is 0 Å². The Bertz CT molecular complexity index is 826. The Morgan fingerprint density at radius 1 is 0.762 bits per heavy atom. The van der Waals surface area contributed by atoms with Gasteiger partial charge in [0.25, 0.3) is 0 Å². The average molecular weight is 278 g/mol. The van der Waals surface area contributed by atoms with Gasteiger partial charge in [-0.05, 0) is 53.9 Å². The van der Waals surface area contributed by atoms with E-state index in [0.717, 1.165) is 5.39 Å². The molecule has 0 spiro atoms. The zero-order chi connectivity index (χ0) is 14.8. The smallest absolute Gasteiger partial charge is 0.150 e. The number of azo groups is 1. The Hall–Kier alpha value is -3.08. The number of nitrogen functional groups attached to an aromatic ring is 2. The fourth-order valence-electron chi connectivity index (χ4n) is 2.05. The van der Waals surface area contributed by atoms with Crippen molar-refractivity contribution in [2.24, 2.45) is 10.2 Å². The van der Waals surface area contributed by atoms with Crippen molar-refractivity contribution in [3.8, 4) is 5.75 Å². The standard InChI is InChI=1S/C16H14N4O/c17-11-2-5-13(6-3-11)19-20-15-8-1-10-9-12(18)4-7-14(10)16(15)21/h1-9,21H,17-18H2. The van der Waals surface area contributed by atoms with Gasteiger partial charge in [-0.3, -0.25) is 0 Å². The number of hydrogen-bond acceptors (Lipinski definition) is 5. The number of hydrogen-bond donors (Lipinski definition) is 3. The van der Waals surface area contributed by atoms with Gasteiger partial charge < -0.3 is 16.6 Å². The summed E-state index contributed by atoms with van der Waals surface area (Å²) in [4.78, 5) is 0. The molecule has 0 fully saturated rings. The van der Waals surface area contributed by atoms with Crippen molar-refractivity contribution in [1.29, 1.82) is 0 Å². The SMILES string of the molecule is Nc1ccc(N=Nc2ccc3cc(N)ccc3c2O)cc1. The normalized spacial score (nSPS) is 11.2. The number of fused-ring (bicyclic) bond motifs is 1. The van der Waals surface area contributed by atoms with E-state index in [0.29, 0.717) is 28.1 Å². The minimum absolute atomic E-state index is 0.0895. The number of phenols is 1. The third-order valence-electron chi connectivity index (χ3n) is 3.16. The van der Waals surface area contributed by atoms with E-state index in [9.17, 15) is 5.11 Å². The minimum atomic E-state index is 0.0895. The van der Waals surface area contributed by atoms with Gasteiger partial charge in [-0.1, -0.05) is 6.07 Å². The van der Waals surface area contributed by atoms with E-state index in [1.165, 1.54) is 0 Å². The zero-order valence-electron chi connectivity index (χ0n) is 11.2. The molecule has 3 rings (SSSR count). The van der Waals surface area contributed by atoms with Crippen LogP contribution in [0.15, 0.2) is 64.8 Å². The highest BCUT2D eigenvalue weighted by Gasteiger charge is 2.06. The van der Waals surface area contributed by atoms with Crippen molar-refractivity contribution in [2.45, 2.75) is 0 Å². The number of nitrogens with zero attached hydrogens (tertiary/aromatic N) is 2. The third-order valence-corrected chi connectivity index (χ3v) is 3.16. The van der Waals surface area contributed by atoms with Crippen LogP contribution in [0, 0.1) is 0 Å². The first-order valence-electron chi connectivity index (χ1n) is 6.42. The predicted octanol–water partition coefficient (Wildman–Crippen LogP) is 4.13. The summed E-state index contributed by atoms with van der Waals surface area (Å²) < 4.78 is 0. The highest BCUT2D eigenvalue weighted by atomic mass is 16.3. The van der Waals surface area contributed by atoms with E-state index in [1.807, 2.05) is 6.07 Å². The highest BCUT2D eigenvalue weighted by Crippen LogP contribution is 2.36. The van der Waals surface area contributed by atoms with Crippen LogP contribution < -0.4 is 11.5 Å². The molecule has 0 atom stereocenters. The molecule has 0 saturated carbocycles. The van der Waals surface area contributed by atoms with Crippen LogP contribution in [0.25, 0.3) is 10.8 Å². The molecule has 5 N–H and O–H groups in total. The summed E-state index contributed by atoms with van der Waals surface area (Å²) in [5.41, 5.74) is 13.7. The Balaban J connectivity index is 1.99. The first kappa shape index (κ1) is 12.9. The minimum Gasteiger partial charge on any atom is -0.505 e. The number of rotatable bonds is 2. The van der Waals surface area contributed by atoms with Crippen LogP contribution in [0.3, 0.4) is 0 Å². The molecule has 0 aromatic heterocycles. The topological polar surface area (TPSA) is 97.0 Å². The molecule has 0 saturated heterocycles. The fourth-order valence-corrected chi connectivity index (χ4v) is 2.05. The molecule has 0 aliphatic rings. The molecule has 0 radical (unpaired) electrons. The van der Waals surface area contributed by atoms with Crippen LogP contribution in [-0.4, -0.2) is 5.11 Å². The molecule has 0 bridgehead atoms. The molecular weight excluding hydrogens is 264 g/mol. The summed E-state index contributed by atoms with van der Waals surface area (Å²) >= 11 is 0. The van der Waals surface area contributed by atoms with Gasteiger partial charge in [-0.15, -0.1) is 5.11 Å². The number of benzene rings is 3. The van der Waals surface area contributed by atoms with Crippen molar-refractivity contribution in [3.05, 3.63) is 54.6 Å². The second kappa shape index (κ2) is 5.13. The lowest BCUT2D eigenvalue weighted by atomic mass is 10.1. The molecule has 0 amide bonds. The molecule has 0 heterocycles. The monoisotopic (exact) mass is 278 g/mol. The largest absolute Gasteiger partial charge is 0.505 e. The lowest BCUT2D eigenvalue weighted by Gasteiger charge is -2.04. The third kappa shape index (κ3) is 2.62. The molecule has 0 aliphatic carbocycles. The lowest BCUT2D eigenvalue weighted by Crippen LogP contribution is -1.84. The van der Waals surface area contributed by atoms with Gasteiger partial charge in [0, 0.05) is 16.8 Å². The summed E-state index contributed by atoms with van der Waals surface area (Å²) in [6, 6.07) is 15.9. The van der Waals surface area contributed by atoms with E-state index < -0.39 is 0 Å². The van der Waals surface area contributed by atoms with Gasteiger partial charge in [0.15, 0.2) is 5.75 Å². The number of aromatic hydroxyl groups is 1. The molecule has 3 aromatic rings. The second-order valence-electron chi connectivity index (χ2n) is 4.71. The molecule has 5 nitrogen and oxygen atoms in total. The first-order valence-corrected chi connectivity index (χ1v) is 6.42. The van der Waals surface area contributed by atoms with Crippen LogP contribution in [0.1, 0.15) is 0 Å². The van der Waals surface area contributed by atoms with E-state index in [1.54, 1.807) is 48.5 Å². The van der Waals surface area contributed by atoms with E-state index >= 15 is 0 Å². The van der Waals surface area contributed by atoms with Gasteiger partial charge in [0.05, 0.1) is 5.69 Å². The van der Waals surface area contributed by atoms with Gasteiger partial charge in [0.2, 0.25) is 0 Å². The van der Waals surface area contributed by atoms with E-state index in [-0.39, 0.29) is 5.75 Å². The maximum absolute atomic E-state index is 10.2. The van der Waals surface area contributed by atoms with Crippen molar-refractivity contribution in [2.75, 3.05) is 11.5 Å². The molecule has 5 heteroatoms. The zero-order valence-corrected chi connectivity index (χ0v) is 11.2. The van der Waals surface area contributed by atoms with Crippen molar-refractivity contribution in [3.63, 3.8) is 0 Å². The quantitative estimate of drug-likeness (QED) is 0.485. The average Bonchev–Trinajstić information content (AvgIpc) is 2.48. The summed E-state index contributed by atoms with van der Waals surface area (Å²) in [6.07, 6.45) is 0. The van der Waals surface area contributed by atoms with Crippen LogP contribution in [-0.2, 0) is 0 Å². The predicted molar refractivity (Wildman–Crippen MR) is 85.1 cm³/mol. The molecular formula is C16H14N4O. The molecule has 21 heavy (non-hydrogen) atoms. The number of phenolic OH excluding ortho intramolecular Hbond substituents is 1. The Kier molecular flexibility index (Phi) is 3.16. The Morgan fingerprint density at radius 3 is 2.24 bits per heavy atom. The summed E-state index contributed by atoms with van der Waals surface area (Å²) in [7, 11) is 0. The second-order valence-corrected chi connectivity index (χ2v) is 4.71. The van der Waals surface area contributed by atoms with E-state index in [4.69, 9.17) is 11.5 Å². The molecule has 0 unspecified atom stereocenters. The molecule has 104 valence electrons. The Labute approximate surface area is 121 Å². The summed E-state index contributed by atoms with van der Waals surface area (Å²) in [5.74, 6) is 0.0895. The van der Waals surface area contributed by atoms with Crippen LogP contribution in [0.5, 0.6) is 5.75 Å². The fraction of sp³-hybridized carbons (Fsp3) is 0. The lowest BCUT2D eigenvalue weighted by molar-refractivity contribution is 0.482. The van der Waals surface area contributed by atoms with Gasteiger partial charge in [-0.25, -0.2) is 0 Å². The highest BCUT2D eigenvalue weighted by molar-refractivity contribution is 5.94. The van der Waals surface area contributed by atoms with Crippen molar-refractivity contribution >= 4 is 33.5 Å². The maximum atomic E-state index is 10.2. The summed E-state index contributed by atoms with van der Waals surface area (Å²) in [5, 5.41) is 20.0. The molecule has 3 aromatic carbocycles. The number of nitrogens with two attached hydrogens (primary N) is 2. The molecule has 0 aliphatic heterocycles. The van der Waals surface area contributed by atoms with Crippen LogP contribution in [0.4, 0.5) is 22.7 Å². The van der Waals surface area contributed by atoms with E-state index in [2.05, 4.69) is 10.2 Å². The van der Waals surface area contributed by atoms with Crippen LogP contribution in [0.2, 0.25) is 0 Å². The Morgan fingerprint density at radius 2 is 1.48 bits per heavy atom. The van der Waals surface area contributed by atoms with Gasteiger partial charge >= 0.3 is 0 Å². The number of anilines is 2. The van der Waals surface area contributed by atoms with Gasteiger partial charge in [-0.2, -0.15) is 5.11 Å². The summed E-state index contributed by atoms with van der Waals surface area (Å²) in [6.45, 7) is 0. The first-order chi connectivity index (χ1) is 10.1. The van der Waals surface area contributed by atoms with Gasteiger partial charge in [0.1, 0.15) is 5.69 Å². The maximum Gasteiger partial charge on any atom is 0.150 e.